The van der Waals surface area contributed by atoms with Crippen LogP contribution in [-0.4, -0.2) is 46.2 Å². The molecule has 9 nitrogen and oxygen atoms in total. The first kappa shape index (κ1) is 21.2. The van der Waals surface area contributed by atoms with Gasteiger partial charge in [-0.15, -0.1) is 0 Å². The topological polar surface area (TPSA) is 136 Å². The number of nitrogens with zero attached hydrogens (tertiary/aromatic N) is 4. The fourth-order valence-corrected chi connectivity index (χ4v) is 3.69. The van der Waals surface area contributed by atoms with Crippen LogP contribution in [0.2, 0.25) is 0 Å². The summed E-state index contributed by atoms with van der Waals surface area (Å²) in [6.45, 7) is 4.30. The molecule has 1 aliphatic rings. The van der Waals surface area contributed by atoms with Gasteiger partial charge in [0.05, 0.1) is 40.5 Å². The maximum absolute atomic E-state index is 11.9. The largest absolute Gasteiger partial charge is 0.395 e. The van der Waals surface area contributed by atoms with Crippen LogP contribution >= 0.6 is 0 Å². The van der Waals surface area contributed by atoms with E-state index in [1.807, 2.05) is 19.9 Å². The van der Waals surface area contributed by atoms with E-state index in [0.29, 0.717) is 40.7 Å². The summed E-state index contributed by atoms with van der Waals surface area (Å²) < 4.78 is 0. The van der Waals surface area contributed by atoms with Crippen LogP contribution in [0.4, 0.5) is 17.3 Å². The number of hydrogen-bond donors (Lipinski definition) is 4. The number of anilines is 3. The zero-order valence-corrected chi connectivity index (χ0v) is 18.0. The Kier molecular flexibility index (Phi) is 5.47. The number of nitrogens with one attached hydrogen (secondary N) is 3. The Labute approximate surface area is 185 Å². The highest BCUT2D eigenvalue weighted by atomic mass is 16.3. The summed E-state index contributed by atoms with van der Waals surface area (Å²) in [6, 6.07) is 9.42. The molecule has 4 N–H and O–H groups in total. The lowest BCUT2D eigenvalue weighted by Gasteiger charge is -2.21. The number of aromatic nitrogens is 3. The molecule has 0 saturated heterocycles. The second-order valence-corrected chi connectivity index (χ2v) is 7.96. The smallest absolute Gasteiger partial charge is 0.252 e. The number of hydrogen-bond acceptors (Lipinski definition) is 8. The van der Waals surface area contributed by atoms with Crippen LogP contribution < -0.4 is 16.0 Å². The minimum absolute atomic E-state index is 0.0359. The molecule has 1 atom stereocenters. The molecule has 0 bridgehead atoms. The zero-order chi connectivity index (χ0) is 22.9. The van der Waals surface area contributed by atoms with Gasteiger partial charge < -0.3 is 21.1 Å². The third kappa shape index (κ3) is 3.72. The van der Waals surface area contributed by atoms with Gasteiger partial charge in [-0.2, -0.15) is 5.26 Å². The molecule has 0 saturated carbocycles. The minimum atomic E-state index is -0.478. The van der Waals surface area contributed by atoms with Gasteiger partial charge in [-0.1, -0.05) is 6.92 Å². The number of fused-ring (bicyclic) bond motifs is 1. The summed E-state index contributed by atoms with van der Waals surface area (Å²) in [4.78, 5) is 25.1. The van der Waals surface area contributed by atoms with Crippen LogP contribution in [0.3, 0.4) is 0 Å². The number of aliphatic hydroxyl groups excluding tert-OH is 1. The molecule has 1 aromatic carbocycles. The molecule has 3 heterocycles. The maximum Gasteiger partial charge on any atom is 0.252 e. The molecule has 2 aromatic heterocycles. The van der Waals surface area contributed by atoms with Crippen molar-refractivity contribution in [3.8, 4) is 17.3 Å². The molecule has 0 aliphatic carbocycles. The molecule has 3 aromatic rings. The van der Waals surface area contributed by atoms with Crippen molar-refractivity contribution in [2.24, 2.45) is 0 Å². The lowest BCUT2D eigenvalue weighted by Crippen LogP contribution is -2.28. The Morgan fingerprint density at radius 3 is 2.88 bits per heavy atom. The summed E-state index contributed by atoms with van der Waals surface area (Å²) >= 11 is 0. The molecule has 1 amide bonds. The Bertz CT molecular complexity index is 1250. The predicted octanol–water partition coefficient (Wildman–Crippen LogP) is 2.50. The van der Waals surface area contributed by atoms with E-state index in [2.05, 4.69) is 37.0 Å². The molecule has 0 fully saturated rings. The van der Waals surface area contributed by atoms with Crippen LogP contribution in [0.25, 0.3) is 11.3 Å². The van der Waals surface area contributed by atoms with Gasteiger partial charge >= 0.3 is 0 Å². The van der Waals surface area contributed by atoms with Gasteiger partial charge in [0.1, 0.15) is 6.07 Å². The number of amides is 1. The van der Waals surface area contributed by atoms with Crippen molar-refractivity contribution in [2.75, 3.05) is 30.8 Å². The molecule has 32 heavy (non-hydrogen) atoms. The number of carbonyl (C=O) groups is 1. The number of nitriles is 1. The average molecular weight is 429 g/mol. The minimum Gasteiger partial charge on any atom is -0.395 e. The van der Waals surface area contributed by atoms with Gasteiger partial charge in [-0.25, -0.2) is 9.97 Å². The molecule has 0 radical (unpaired) electrons. The second kappa shape index (κ2) is 8.24. The second-order valence-electron chi connectivity index (χ2n) is 7.96. The van der Waals surface area contributed by atoms with E-state index in [1.54, 1.807) is 31.4 Å². The van der Waals surface area contributed by atoms with Crippen molar-refractivity contribution in [2.45, 2.75) is 19.3 Å². The van der Waals surface area contributed by atoms with Crippen molar-refractivity contribution in [3.05, 3.63) is 59.0 Å². The molecule has 162 valence electrons. The Morgan fingerprint density at radius 2 is 2.16 bits per heavy atom. The third-order valence-corrected chi connectivity index (χ3v) is 5.69. The lowest BCUT2D eigenvalue weighted by atomic mass is 9.83. The van der Waals surface area contributed by atoms with Gasteiger partial charge in [0.15, 0.2) is 0 Å². The van der Waals surface area contributed by atoms with Gasteiger partial charge in [0, 0.05) is 37.0 Å². The molecule has 0 spiro atoms. The lowest BCUT2D eigenvalue weighted by molar-refractivity contribution is 0.0962. The number of pyridine rings is 1. The van der Waals surface area contributed by atoms with E-state index in [1.165, 1.54) is 6.20 Å². The van der Waals surface area contributed by atoms with Crippen LogP contribution in [0, 0.1) is 18.3 Å². The summed E-state index contributed by atoms with van der Waals surface area (Å²) in [5, 5.41) is 28.5. The standard InChI is InChI=1S/C23H23N7O2/c1-13-19(8-16(10-27-13)21(32)25-3)30-22-26-5-4-18(29-22)14-6-15(9-24)20-17(7-14)23(2,12-31)11-28-20/h4-8,10,28,31H,11-12H2,1-3H3,(H,25,32)(H,26,29,30). The van der Waals surface area contributed by atoms with E-state index in [-0.39, 0.29) is 12.5 Å². The first-order valence-electron chi connectivity index (χ1n) is 10.1. The number of rotatable bonds is 5. The molecular weight excluding hydrogens is 406 g/mol. The molecule has 1 unspecified atom stereocenters. The van der Waals surface area contributed by atoms with Gasteiger partial charge in [-0.3, -0.25) is 9.78 Å². The van der Waals surface area contributed by atoms with Gasteiger partial charge in [-0.05, 0) is 36.8 Å². The fraction of sp³-hybridized carbons (Fsp3) is 0.261. The fourth-order valence-electron chi connectivity index (χ4n) is 3.69. The number of aryl methyl sites for hydroxylation is 1. The zero-order valence-electron chi connectivity index (χ0n) is 18.0. The first-order chi connectivity index (χ1) is 15.4. The highest BCUT2D eigenvalue weighted by molar-refractivity contribution is 5.94. The van der Waals surface area contributed by atoms with Crippen molar-refractivity contribution in [3.63, 3.8) is 0 Å². The van der Waals surface area contributed by atoms with Crippen LogP contribution in [0.15, 0.2) is 36.7 Å². The van der Waals surface area contributed by atoms with Crippen LogP contribution in [0.1, 0.15) is 34.1 Å². The van der Waals surface area contributed by atoms with Gasteiger partial charge in [0.25, 0.3) is 5.91 Å². The summed E-state index contributed by atoms with van der Waals surface area (Å²) in [5.41, 5.74) is 4.78. The molecule has 1 aliphatic heterocycles. The molecule has 4 rings (SSSR count). The van der Waals surface area contributed by atoms with E-state index in [9.17, 15) is 15.2 Å². The van der Waals surface area contributed by atoms with E-state index < -0.39 is 5.41 Å². The quantitative estimate of drug-likeness (QED) is 0.486. The third-order valence-electron chi connectivity index (χ3n) is 5.69. The predicted molar refractivity (Wildman–Crippen MR) is 121 cm³/mol. The first-order valence-corrected chi connectivity index (χ1v) is 10.1. The Balaban J connectivity index is 1.72. The summed E-state index contributed by atoms with van der Waals surface area (Å²) in [6.07, 6.45) is 3.13. The van der Waals surface area contributed by atoms with Crippen LogP contribution in [-0.2, 0) is 5.41 Å². The normalized spacial score (nSPS) is 16.6. The number of carbonyl (C=O) groups excluding carboxylic acids is 1. The summed E-state index contributed by atoms with van der Waals surface area (Å²) in [7, 11) is 1.56. The van der Waals surface area contributed by atoms with Crippen molar-refractivity contribution >= 4 is 23.2 Å². The summed E-state index contributed by atoms with van der Waals surface area (Å²) in [5.74, 6) is 0.0986. The molecule has 9 heteroatoms. The van der Waals surface area contributed by atoms with E-state index in [4.69, 9.17) is 0 Å². The van der Waals surface area contributed by atoms with Crippen LogP contribution in [0.5, 0.6) is 0 Å². The average Bonchev–Trinajstić information content (AvgIpc) is 3.16. The van der Waals surface area contributed by atoms with Crippen molar-refractivity contribution in [1.82, 2.24) is 20.3 Å². The van der Waals surface area contributed by atoms with E-state index >= 15 is 0 Å². The Morgan fingerprint density at radius 1 is 1.34 bits per heavy atom. The van der Waals surface area contributed by atoms with Crippen molar-refractivity contribution < 1.29 is 9.90 Å². The van der Waals surface area contributed by atoms with Gasteiger partial charge in [0.2, 0.25) is 5.95 Å². The highest BCUT2D eigenvalue weighted by Crippen LogP contribution is 2.41. The highest BCUT2D eigenvalue weighted by Gasteiger charge is 2.35. The SMILES string of the molecule is CNC(=O)c1cnc(C)c(Nc2nccc(-c3cc(C#N)c4c(c3)C(C)(CO)CN4)n2)c1. The number of aliphatic hydroxyl groups is 1. The Hall–Kier alpha value is -4.03. The maximum atomic E-state index is 11.9. The van der Waals surface area contributed by atoms with E-state index in [0.717, 1.165) is 16.8 Å². The molecular formula is C23H23N7O2. The van der Waals surface area contributed by atoms with Crippen molar-refractivity contribution in [1.29, 1.82) is 5.26 Å². The number of benzene rings is 1. The monoisotopic (exact) mass is 429 g/mol.